The predicted molar refractivity (Wildman–Crippen MR) is 168 cm³/mol. The lowest BCUT2D eigenvalue weighted by molar-refractivity contribution is -0.138. The van der Waals surface area contributed by atoms with Gasteiger partial charge in [0.25, 0.3) is 0 Å². The third-order valence-electron chi connectivity index (χ3n) is 7.74. The number of hydrogen-bond acceptors (Lipinski definition) is 8. The Kier molecular flexibility index (Phi) is 8.70. The molecule has 0 fully saturated rings. The fourth-order valence-corrected chi connectivity index (χ4v) is 5.54. The molecule has 1 amide bonds. The van der Waals surface area contributed by atoms with E-state index in [9.17, 15) is 23.2 Å². The first-order chi connectivity index (χ1) is 21.4. The Morgan fingerprint density at radius 1 is 1.22 bits per heavy atom. The maximum absolute atomic E-state index is 13.8. The number of carbonyl (C=O) groups excluding carboxylic acids is 1. The van der Waals surface area contributed by atoms with E-state index in [4.69, 9.17) is 4.74 Å². The van der Waals surface area contributed by atoms with Crippen LogP contribution in [0.15, 0.2) is 49.3 Å². The molecule has 1 aliphatic rings. The minimum atomic E-state index is -4.47. The molecule has 10 nitrogen and oxygen atoms in total. The number of carbonyl (C=O) groups is 1. The van der Waals surface area contributed by atoms with E-state index in [1.165, 1.54) is 25.4 Å². The van der Waals surface area contributed by atoms with Crippen LogP contribution in [-0.4, -0.2) is 66.7 Å². The van der Waals surface area contributed by atoms with E-state index >= 15 is 0 Å². The second-order valence-corrected chi connectivity index (χ2v) is 11.0. The van der Waals surface area contributed by atoms with Crippen molar-refractivity contribution in [3.8, 4) is 23.1 Å². The van der Waals surface area contributed by atoms with Gasteiger partial charge in [-0.3, -0.25) is 4.79 Å². The summed E-state index contributed by atoms with van der Waals surface area (Å²) in [6, 6.07) is 8.13. The molecule has 234 valence electrons. The van der Waals surface area contributed by atoms with Crippen LogP contribution in [-0.2, 0) is 23.9 Å². The molecule has 3 heterocycles. The van der Waals surface area contributed by atoms with E-state index in [1.54, 1.807) is 22.9 Å². The highest BCUT2D eigenvalue weighted by molar-refractivity contribution is 6.02. The van der Waals surface area contributed by atoms with Crippen molar-refractivity contribution in [2.75, 3.05) is 56.9 Å². The van der Waals surface area contributed by atoms with Crippen LogP contribution in [0.4, 0.5) is 36.2 Å². The van der Waals surface area contributed by atoms with Crippen molar-refractivity contribution >= 4 is 39.8 Å². The Morgan fingerprint density at radius 2 is 2.00 bits per heavy atom. The van der Waals surface area contributed by atoms with Gasteiger partial charge in [0.1, 0.15) is 11.8 Å². The van der Waals surface area contributed by atoms with Gasteiger partial charge < -0.3 is 29.7 Å². The summed E-state index contributed by atoms with van der Waals surface area (Å²) in [5.74, 6) is 0.173. The third-order valence-corrected chi connectivity index (χ3v) is 7.74. The van der Waals surface area contributed by atoms with Gasteiger partial charge in [0, 0.05) is 49.9 Å². The molecule has 2 aromatic heterocycles. The molecular formula is C32H33F3N8O2. The normalized spacial score (nSPS) is 12.6. The lowest BCUT2D eigenvalue weighted by Gasteiger charge is -2.26. The Bertz CT molecular complexity index is 1820. The van der Waals surface area contributed by atoms with Gasteiger partial charge >= 0.3 is 6.18 Å². The first-order valence-corrected chi connectivity index (χ1v) is 14.2. The van der Waals surface area contributed by atoms with Crippen LogP contribution < -0.4 is 20.3 Å². The fourth-order valence-electron chi connectivity index (χ4n) is 5.54. The molecule has 2 N–H and O–H groups in total. The number of nitrogens with one attached hydrogen (secondary N) is 2. The van der Waals surface area contributed by atoms with Crippen molar-refractivity contribution < 1.29 is 22.7 Å². The average Bonchev–Trinajstić information content (AvgIpc) is 3.39. The van der Waals surface area contributed by atoms with Crippen LogP contribution in [0, 0.1) is 11.3 Å². The quantitative estimate of drug-likeness (QED) is 0.214. The smallest absolute Gasteiger partial charge is 0.416 e. The standard InChI is InChI=1S/C32H33F3N8O2/c1-6-28(44)38-24-14-25(27(45-5)15-26(24)42(4)13-12-41(2)3)39-31-37-17-19(16-36)29(40-31)22-18-43-11-7-8-21-23(32(33,34)35)10-9-20(22)30(21)43/h6,9-10,14-15,17-18H,1,7-8,11-13H2,2-5H3,(H,38,44)(H,37,39,40). The molecule has 45 heavy (non-hydrogen) atoms. The first-order valence-electron chi connectivity index (χ1n) is 14.2. The van der Waals surface area contributed by atoms with E-state index < -0.39 is 17.6 Å². The molecule has 0 spiro atoms. The minimum absolute atomic E-state index is 0.125. The van der Waals surface area contributed by atoms with Gasteiger partial charge in [-0.1, -0.05) is 12.6 Å². The third kappa shape index (κ3) is 6.28. The molecule has 4 aromatic rings. The Morgan fingerprint density at radius 3 is 2.67 bits per heavy atom. The number of alkyl halides is 3. The zero-order chi connectivity index (χ0) is 32.5. The van der Waals surface area contributed by atoms with E-state index in [0.29, 0.717) is 65.2 Å². The van der Waals surface area contributed by atoms with Gasteiger partial charge in [-0.05, 0) is 50.7 Å². The summed E-state index contributed by atoms with van der Waals surface area (Å²) in [4.78, 5) is 25.4. The molecule has 5 rings (SSSR count). The summed E-state index contributed by atoms with van der Waals surface area (Å²) in [6.07, 6.45) is 0.697. The zero-order valence-electron chi connectivity index (χ0n) is 25.4. The molecule has 1 aliphatic heterocycles. The van der Waals surface area contributed by atoms with Crippen LogP contribution in [0.3, 0.4) is 0 Å². The highest BCUT2D eigenvalue weighted by atomic mass is 19.4. The number of hydrogen-bond donors (Lipinski definition) is 2. The number of likely N-dealkylation sites (N-methyl/N-ethyl adjacent to an activating group) is 2. The summed E-state index contributed by atoms with van der Waals surface area (Å²) in [5, 5.41) is 16.5. The predicted octanol–water partition coefficient (Wildman–Crippen LogP) is 5.81. The number of anilines is 4. The molecule has 0 unspecified atom stereocenters. The molecule has 0 atom stereocenters. The SMILES string of the molecule is C=CC(=O)Nc1cc(Nc2ncc(C#N)c(-c3cn4c5c(c(C(F)(F)F)ccc35)CCC4)n2)c(OC)cc1N(C)CCN(C)C. The van der Waals surface area contributed by atoms with Crippen molar-refractivity contribution in [2.24, 2.45) is 0 Å². The molecule has 0 aliphatic carbocycles. The lowest BCUT2D eigenvalue weighted by Crippen LogP contribution is -2.29. The fraction of sp³-hybridized carbons (Fsp3) is 0.312. The first kappa shape index (κ1) is 31.3. The highest BCUT2D eigenvalue weighted by Gasteiger charge is 2.36. The van der Waals surface area contributed by atoms with Crippen molar-refractivity contribution in [1.82, 2.24) is 19.4 Å². The summed E-state index contributed by atoms with van der Waals surface area (Å²) in [6.45, 7) is 5.54. The number of aryl methyl sites for hydroxylation is 2. The van der Waals surface area contributed by atoms with Crippen LogP contribution in [0.1, 0.15) is 23.1 Å². The number of nitrogens with zero attached hydrogens (tertiary/aromatic N) is 6. The summed E-state index contributed by atoms with van der Waals surface area (Å²) in [5.41, 5.74) is 2.74. The van der Waals surface area contributed by atoms with E-state index in [-0.39, 0.29) is 22.8 Å². The maximum atomic E-state index is 13.8. The topological polar surface area (TPSA) is 111 Å². The number of methoxy groups -OCH3 is 1. The number of ether oxygens (including phenoxy) is 1. The van der Waals surface area contributed by atoms with Crippen molar-refractivity contribution in [3.63, 3.8) is 0 Å². The molecule has 2 aromatic carbocycles. The van der Waals surface area contributed by atoms with Gasteiger partial charge in [-0.2, -0.15) is 18.4 Å². The molecular weight excluding hydrogens is 585 g/mol. The Balaban J connectivity index is 1.59. The van der Waals surface area contributed by atoms with Crippen LogP contribution in [0.2, 0.25) is 0 Å². The molecule has 0 saturated heterocycles. The maximum Gasteiger partial charge on any atom is 0.416 e. The number of nitriles is 1. The number of amides is 1. The summed E-state index contributed by atoms with van der Waals surface area (Å²) < 4.78 is 49.0. The van der Waals surface area contributed by atoms with Crippen molar-refractivity contribution in [1.29, 1.82) is 5.26 Å². The van der Waals surface area contributed by atoms with E-state index in [0.717, 1.165) is 12.6 Å². The summed E-state index contributed by atoms with van der Waals surface area (Å²) in [7, 11) is 7.36. The number of benzene rings is 2. The second kappa shape index (κ2) is 12.5. The van der Waals surface area contributed by atoms with Gasteiger partial charge in [0.15, 0.2) is 0 Å². The number of halogens is 3. The van der Waals surface area contributed by atoms with Gasteiger partial charge in [0.05, 0.1) is 52.7 Å². The molecule has 13 heteroatoms. The van der Waals surface area contributed by atoms with Gasteiger partial charge in [0.2, 0.25) is 11.9 Å². The van der Waals surface area contributed by atoms with Crippen LogP contribution >= 0.6 is 0 Å². The Hall–Kier alpha value is -5.09. The van der Waals surface area contributed by atoms with Gasteiger partial charge in [-0.15, -0.1) is 0 Å². The number of rotatable bonds is 10. The van der Waals surface area contributed by atoms with Gasteiger partial charge in [-0.25, -0.2) is 9.97 Å². The largest absolute Gasteiger partial charge is 0.494 e. The Labute approximate surface area is 258 Å². The zero-order valence-corrected chi connectivity index (χ0v) is 25.4. The highest BCUT2D eigenvalue weighted by Crippen LogP contribution is 2.43. The van der Waals surface area contributed by atoms with Crippen LogP contribution in [0.25, 0.3) is 22.2 Å². The molecule has 0 saturated carbocycles. The average molecular weight is 619 g/mol. The van der Waals surface area contributed by atoms with Crippen molar-refractivity contribution in [3.05, 3.63) is 66.0 Å². The molecule has 0 radical (unpaired) electrons. The second-order valence-electron chi connectivity index (χ2n) is 11.0. The van der Waals surface area contributed by atoms with E-state index in [2.05, 4.69) is 33.2 Å². The van der Waals surface area contributed by atoms with Crippen molar-refractivity contribution in [2.45, 2.75) is 25.6 Å². The monoisotopic (exact) mass is 618 g/mol. The molecule has 0 bridgehead atoms. The number of aromatic nitrogens is 3. The van der Waals surface area contributed by atoms with E-state index in [1.807, 2.05) is 30.9 Å². The summed E-state index contributed by atoms with van der Waals surface area (Å²) >= 11 is 0. The minimum Gasteiger partial charge on any atom is -0.494 e. The van der Waals surface area contributed by atoms with Crippen LogP contribution in [0.5, 0.6) is 5.75 Å². The lowest BCUT2D eigenvalue weighted by atomic mass is 9.95.